The molecule has 0 aromatic rings. The minimum Gasteiger partial charge on any atom is -0.364 e. The average Bonchev–Trinajstić information content (AvgIpc) is 2.09. The van der Waals surface area contributed by atoms with Gasteiger partial charge in [-0.1, -0.05) is 33.1 Å². The van der Waals surface area contributed by atoms with Crippen LogP contribution in [0.5, 0.6) is 0 Å². The van der Waals surface area contributed by atoms with Gasteiger partial charge in [0, 0.05) is 6.61 Å². The van der Waals surface area contributed by atoms with Crippen molar-refractivity contribution in [3.8, 4) is 0 Å². The fraction of sp³-hybridized carbons (Fsp3) is 1.00. The quantitative estimate of drug-likeness (QED) is 0.452. The number of rotatable bonds is 8. The normalized spacial score (nSPS) is 13.2. The maximum atomic E-state index is 5.72. The highest BCUT2D eigenvalue weighted by Crippen LogP contribution is 2.05. The van der Waals surface area contributed by atoms with E-state index in [-0.39, 0.29) is 6.23 Å². The van der Waals surface area contributed by atoms with Gasteiger partial charge in [-0.3, -0.25) is 0 Å². The molecule has 0 amide bonds. The molecule has 2 nitrogen and oxygen atoms in total. The topological polar surface area (TPSA) is 35.2 Å². The Morgan fingerprint density at radius 1 is 1.08 bits per heavy atom. The van der Waals surface area contributed by atoms with Gasteiger partial charge in [0.2, 0.25) is 0 Å². The van der Waals surface area contributed by atoms with Gasteiger partial charge in [-0.05, 0) is 19.3 Å². The van der Waals surface area contributed by atoms with Crippen LogP contribution in [0.4, 0.5) is 0 Å². The van der Waals surface area contributed by atoms with Gasteiger partial charge in [-0.25, -0.2) is 0 Å². The van der Waals surface area contributed by atoms with Gasteiger partial charge in [0.05, 0.1) is 0 Å². The van der Waals surface area contributed by atoms with Crippen LogP contribution in [0.25, 0.3) is 0 Å². The molecule has 0 bridgehead atoms. The maximum absolute atomic E-state index is 5.72. The monoisotopic (exact) mass is 173 g/mol. The van der Waals surface area contributed by atoms with E-state index in [2.05, 4.69) is 13.8 Å². The van der Waals surface area contributed by atoms with Crippen molar-refractivity contribution >= 4 is 0 Å². The predicted molar refractivity (Wildman–Crippen MR) is 53.0 cm³/mol. The van der Waals surface area contributed by atoms with Gasteiger partial charge in [0.15, 0.2) is 0 Å². The fourth-order valence-corrected chi connectivity index (χ4v) is 1.12. The second kappa shape index (κ2) is 9.01. The number of ether oxygens (including phenoxy) is 1. The lowest BCUT2D eigenvalue weighted by Crippen LogP contribution is -2.23. The van der Waals surface area contributed by atoms with E-state index in [1.54, 1.807) is 0 Å². The van der Waals surface area contributed by atoms with Crippen LogP contribution < -0.4 is 5.73 Å². The fourth-order valence-electron chi connectivity index (χ4n) is 1.12. The SMILES string of the molecule is CCCCCCC(N)OCCC. The minimum absolute atomic E-state index is 0.0261. The zero-order chi connectivity index (χ0) is 9.23. The highest BCUT2D eigenvalue weighted by molar-refractivity contribution is 4.49. The highest BCUT2D eigenvalue weighted by atomic mass is 16.5. The first-order valence-electron chi connectivity index (χ1n) is 5.18. The smallest absolute Gasteiger partial charge is 0.105 e. The molecule has 0 saturated heterocycles. The van der Waals surface area contributed by atoms with Gasteiger partial charge in [-0.2, -0.15) is 0 Å². The van der Waals surface area contributed by atoms with Gasteiger partial charge in [0.25, 0.3) is 0 Å². The molecule has 0 aliphatic heterocycles. The van der Waals surface area contributed by atoms with Crippen molar-refractivity contribution in [2.45, 2.75) is 58.6 Å². The Balaban J connectivity index is 3.02. The van der Waals surface area contributed by atoms with Gasteiger partial charge >= 0.3 is 0 Å². The number of hydrogen-bond acceptors (Lipinski definition) is 2. The van der Waals surface area contributed by atoms with Crippen molar-refractivity contribution in [3.05, 3.63) is 0 Å². The molecule has 0 saturated carbocycles. The molecule has 2 heteroatoms. The minimum atomic E-state index is -0.0261. The van der Waals surface area contributed by atoms with Crippen LogP contribution in [-0.2, 0) is 4.74 Å². The van der Waals surface area contributed by atoms with E-state index in [0.29, 0.717) is 0 Å². The first kappa shape index (κ1) is 11.9. The molecule has 0 aliphatic carbocycles. The lowest BCUT2D eigenvalue weighted by Gasteiger charge is -2.11. The highest BCUT2D eigenvalue weighted by Gasteiger charge is 2.00. The largest absolute Gasteiger partial charge is 0.364 e. The summed E-state index contributed by atoms with van der Waals surface area (Å²) in [5.41, 5.74) is 5.72. The van der Waals surface area contributed by atoms with Crippen LogP contribution >= 0.6 is 0 Å². The van der Waals surface area contributed by atoms with Crippen molar-refractivity contribution < 1.29 is 4.74 Å². The lowest BCUT2D eigenvalue weighted by molar-refractivity contribution is 0.0506. The van der Waals surface area contributed by atoms with E-state index < -0.39 is 0 Å². The second-order valence-electron chi connectivity index (χ2n) is 3.26. The van der Waals surface area contributed by atoms with Crippen LogP contribution in [0, 0.1) is 0 Å². The summed E-state index contributed by atoms with van der Waals surface area (Å²) in [4.78, 5) is 0. The van der Waals surface area contributed by atoms with E-state index in [0.717, 1.165) is 19.4 Å². The molecule has 0 aromatic heterocycles. The average molecular weight is 173 g/mol. The number of unbranched alkanes of at least 4 members (excludes halogenated alkanes) is 3. The third kappa shape index (κ3) is 8.02. The first-order chi connectivity index (χ1) is 5.81. The summed E-state index contributed by atoms with van der Waals surface area (Å²) < 4.78 is 5.35. The van der Waals surface area contributed by atoms with Crippen molar-refractivity contribution in [1.82, 2.24) is 0 Å². The Labute approximate surface area is 76.5 Å². The zero-order valence-corrected chi connectivity index (χ0v) is 8.51. The first-order valence-corrected chi connectivity index (χ1v) is 5.18. The van der Waals surface area contributed by atoms with Gasteiger partial charge in [-0.15, -0.1) is 0 Å². The Morgan fingerprint density at radius 2 is 1.83 bits per heavy atom. The summed E-state index contributed by atoms with van der Waals surface area (Å²) in [6.07, 6.45) is 7.15. The molecular weight excluding hydrogens is 150 g/mol. The molecule has 0 radical (unpaired) electrons. The Morgan fingerprint density at radius 3 is 2.42 bits per heavy atom. The van der Waals surface area contributed by atoms with E-state index in [1.165, 1.54) is 25.7 Å². The van der Waals surface area contributed by atoms with Gasteiger partial charge in [0.1, 0.15) is 6.23 Å². The van der Waals surface area contributed by atoms with Crippen LogP contribution in [0.2, 0.25) is 0 Å². The Bertz CT molecular complexity index is 85.9. The molecule has 2 N–H and O–H groups in total. The van der Waals surface area contributed by atoms with Crippen molar-refractivity contribution in [3.63, 3.8) is 0 Å². The van der Waals surface area contributed by atoms with Crippen LogP contribution in [0.3, 0.4) is 0 Å². The predicted octanol–water partition coefficient (Wildman–Crippen LogP) is 2.67. The third-order valence-electron chi connectivity index (χ3n) is 1.88. The molecule has 0 rings (SSSR count). The Hall–Kier alpha value is -0.0800. The summed E-state index contributed by atoms with van der Waals surface area (Å²) in [7, 11) is 0. The molecule has 0 fully saturated rings. The number of hydrogen-bond donors (Lipinski definition) is 1. The Kier molecular flexibility index (Phi) is 8.95. The van der Waals surface area contributed by atoms with E-state index >= 15 is 0 Å². The molecule has 0 heterocycles. The van der Waals surface area contributed by atoms with Gasteiger partial charge < -0.3 is 10.5 Å². The molecule has 0 aromatic carbocycles. The van der Waals surface area contributed by atoms with Crippen LogP contribution in [0.15, 0.2) is 0 Å². The molecular formula is C10H23NO. The van der Waals surface area contributed by atoms with E-state index in [9.17, 15) is 0 Å². The molecule has 1 atom stereocenters. The zero-order valence-electron chi connectivity index (χ0n) is 8.51. The molecule has 0 aliphatic rings. The van der Waals surface area contributed by atoms with E-state index in [1.807, 2.05) is 0 Å². The van der Waals surface area contributed by atoms with Crippen molar-refractivity contribution in [2.24, 2.45) is 5.73 Å². The standard InChI is InChI=1S/C10H23NO/c1-3-5-6-7-8-10(11)12-9-4-2/h10H,3-9,11H2,1-2H3. The summed E-state index contributed by atoms with van der Waals surface area (Å²) in [6, 6.07) is 0. The molecule has 12 heavy (non-hydrogen) atoms. The van der Waals surface area contributed by atoms with Crippen molar-refractivity contribution in [1.29, 1.82) is 0 Å². The summed E-state index contributed by atoms with van der Waals surface area (Å²) in [5.74, 6) is 0. The van der Waals surface area contributed by atoms with Crippen molar-refractivity contribution in [2.75, 3.05) is 6.61 Å². The second-order valence-corrected chi connectivity index (χ2v) is 3.26. The lowest BCUT2D eigenvalue weighted by atomic mass is 10.1. The van der Waals surface area contributed by atoms with Crippen LogP contribution in [0.1, 0.15) is 52.4 Å². The van der Waals surface area contributed by atoms with Crippen LogP contribution in [-0.4, -0.2) is 12.8 Å². The summed E-state index contributed by atoms with van der Waals surface area (Å²) >= 11 is 0. The third-order valence-corrected chi connectivity index (χ3v) is 1.88. The molecule has 0 spiro atoms. The number of nitrogens with two attached hydrogens (primary N) is 1. The maximum Gasteiger partial charge on any atom is 0.105 e. The summed E-state index contributed by atoms with van der Waals surface area (Å²) in [6.45, 7) is 5.12. The van der Waals surface area contributed by atoms with E-state index in [4.69, 9.17) is 10.5 Å². The molecule has 74 valence electrons. The molecule has 1 unspecified atom stereocenters. The summed E-state index contributed by atoms with van der Waals surface area (Å²) in [5, 5.41) is 0.